The van der Waals surface area contributed by atoms with Crippen LogP contribution < -0.4 is 32.7 Å². The second-order valence-corrected chi connectivity index (χ2v) is 25.3. The zero-order valence-electron chi connectivity index (χ0n) is 45.9. The van der Waals surface area contributed by atoms with Crippen LogP contribution in [0, 0.1) is 11.8 Å². The molecule has 39 heteroatoms. The summed E-state index contributed by atoms with van der Waals surface area (Å²) in [6, 6.07) is 4.65. The number of amides is 6. The topological polar surface area (TPSA) is 429 Å². The number of nitrogens with two attached hydrogens (primary N) is 2. The molecule has 33 nitrogen and oxygen atoms in total. The van der Waals surface area contributed by atoms with E-state index in [9.17, 15) is 38.6 Å². The first kappa shape index (κ1) is 64.8. The maximum absolute atomic E-state index is 16.7. The summed E-state index contributed by atoms with van der Waals surface area (Å²) in [6.45, 7) is -4.58. The molecular formula is C47H60F2N16O17P2S2. The van der Waals surface area contributed by atoms with Gasteiger partial charge >= 0.3 is 31.7 Å². The number of primary amides is 1. The molecule has 0 bridgehead atoms. The maximum atomic E-state index is 16.7. The second kappa shape index (κ2) is 28.6. The van der Waals surface area contributed by atoms with E-state index in [-0.39, 0.29) is 79.0 Å². The number of fused-ring (bicyclic) bond motifs is 4. The summed E-state index contributed by atoms with van der Waals surface area (Å²) in [5.74, 6) is -2.84. The number of rotatable bonds is 22. The molecule has 2 unspecified atom stereocenters. The Labute approximate surface area is 497 Å². The molecule has 3 fully saturated rings. The standard InChI is InChI=1S/C47H60F2N16O17P2S2/c1-23(2)33(61-30(67)18-76-52-3)27(66)14-25(6-5-11-53-45(51)69)42(68)60-26-9-7-24(8-10-26)15-75-47(71)63(4)12-13-74-46(70)62-39-35-41(57-20-55-39)65(22-59-35)44-32(49)37-29(80-44)17-78-83(72,85)81-36-28(16-77-84(73,86)82-37)79-43(31(36)48)64-21-58-34-38(50)54-19-56-40(34)64/h7-10,19-23,25,28-29,31-33,36-37,43-44H,3,5-6,11-18H2,1-2,4H3,(H,60,68)(H,61,67)(H,72,85)(H,73,86)(H2,50,54,56)(H3,51,53,69)(H,55,57,62,70)/t25-,28-,29-,31-,32-,33+,36-,37-,43-,44-,83?,84?/m1/s1. The molecule has 3 saturated heterocycles. The number of alkyl halides is 2. The van der Waals surface area contributed by atoms with Crippen molar-refractivity contribution < 1.29 is 89.2 Å². The first-order valence-corrected chi connectivity index (χ1v) is 31.3. The molecule has 466 valence electrons. The Kier molecular flexibility index (Phi) is 21.5. The fourth-order valence-electron chi connectivity index (χ4n) is 9.12. The molecule has 0 aliphatic carbocycles. The number of ether oxygens (including phenoxy) is 4. The minimum absolute atomic E-state index is 0.0159. The summed E-state index contributed by atoms with van der Waals surface area (Å²) in [5.41, 5.74) is 12.1. The van der Waals surface area contributed by atoms with Crippen molar-refractivity contribution in [3.05, 3.63) is 55.1 Å². The number of benzene rings is 1. The molecule has 5 aromatic rings. The lowest BCUT2D eigenvalue weighted by molar-refractivity contribution is -0.133. The predicted molar refractivity (Wildman–Crippen MR) is 302 cm³/mol. The van der Waals surface area contributed by atoms with E-state index in [0.29, 0.717) is 17.7 Å². The zero-order valence-corrected chi connectivity index (χ0v) is 49.3. The van der Waals surface area contributed by atoms with Crippen LogP contribution in [-0.2, 0) is 86.5 Å². The van der Waals surface area contributed by atoms with Crippen LogP contribution in [0.1, 0.15) is 51.1 Å². The number of oxime groups is 1. The van der Waals surface area contributed by atoms with Crippen LogP contribution in [0.4, 0.5) is 40.5 Å². The van der Waals surface area contributed by atoms with Crippen LogP contribution in [0.25, 0.3) is 22.3 Å². The Morgan fingerprint density at radius 3 is 2.06 bits per heavy atom. The number of hydrogen-bond acceptors (Lipinski definition) is 25. The van der Waals surface area contributed by atoms with Crippen molar-refractivity contribution >= 4 is 119 Å². The lowest BCUT2D eigenvalue weighted by Gasteiger charge is -2.29. The van der Waals surface area contributed by atoms with Gasteiger partial charge in [0.15, 0.2) is 65.6 Å². The summed E-state index contributed by atoms with van der Waals surface area (Å²) in [4.78, 5) is 129. The fourth-order valence-corrected chi connectivity index (χ4v) is 12.0. The van der Waals surface area contributed by atoms with Crippen LogP contribution >= 0.6 is 13.4 Å². The summed E-state index contributed by atoms with van der Waals surface area (Å²) >= 11 is 10.5. The summed E-state index contributed by atoms with van der Waals surface area (Å²) < 4.78 is 80.3. The molecule has 8 rings (SSSR count). The second-order valence-electron chi connectivity index (χ2n) is 19.7. The van der Waals surface area contributed by atoms with E-state index in [1.165, 1.54) is 17.9 Å². The highest BCUT2D eigenvalue weighted by molar-refractivity contribution is 8.07. The summed E-state index contributed by atoms with van der Waals surface area (Å²) in [6.07, 6.45) is -10.7. The number of Topliss-reactive ketones (excluding diaryl/α,β-unsaturated/α-hetero) is 1. The lowest BCUT2D eigenvalue weighted by atomic mass is 9.89. The molecule has 12 atom stereocenters. The molecule has 0 radical (unpaired) electrons. The highest BCUT2D eigenvalue weighted by atomic mass is 32.5. The summed E-state index contributed by atoms with van der Waals surface area (Å²) in [7, 11) is 1.40. The van der Waals surface area contributed by atoms with Crippen LogP contribution in [-0.4, -0.2) is 186 Å². The number of urea groups is 1. The number of halogens is 2. The van der Waals surface area contributed by atoms with Crippen molar-refractivity contribution in [2.75, 3.05) is 62.9 Å². The molecule has 7 heterocycles. The number of nitrogens with one attached hydrogen (secondary N) is 4. The molecule has 1 aromatic carbocycles. The SMILES string of the molecule is C=NOCC(=O)N[C@H](C(=O)C[C@@H](CCCNC(N)=O)C(=O)Nc1ccc(COC(=O)N(C)CCOC(=O)Nc2ncnc3c2ncn3[C@@H]2O[C@@H]3COP(O)(=S)O[C@H]4[C@@H](F)[C@H](n5cnc6c(N)ncnc65)O[C@@H]4COP(O)(=S)O[C@H]3[C@H]2F)cc1)C(C)C. The Morgan fingerprint density at radius 1 is 0.872 bits per heavy atom. The molecule has 10 N–H and O–H groups in total. The number of nitrogen functional groups attached to an aromatic ring is 1. The van der Waals surface area contributed by atoms with Crippen LogP contribution in [0.2, 0.25) is 0 Å². The average Bonchev–Trinajstić information content (AvgIpc) is 2.12. The van der Waals surface area contributed by atoms with E-state index in [1.54, 1.807) is 38.1 Å². The van der Waals surface area contributed by atoms with Gasteiger partial charge in [0.05, 0.1) is 38.5 Å². The fraction of sp³-hybridized carbons (Fsp3) is 0.511. The van der Waals surface area contributed by atoms with Crippen molar-refractivity contribution in [1.29, 1.82) is 0 Å². The lowest BCUT2D eigenvalue weighted by Crippen LogP contribution is -2.46. The van der Waals surface area contributed by atoms with Crippen LogP contribution in [0.15, 0.2) is 54.7 Å². The number of carbonyl (C=O) groups excluding carboxylic acids is 6. The molecule has 6 amide bonds. The Balaban J connectivity index is 0.813. The number of nitrogens with zero attached hydrogens (tertiary/aromatic N) is 10. The van der Waals surface area contributed by atoms with Gasteiger partial charge in [0.25, 0.3) is 5.91 Å². The zero-order chi connectivity index (χ0) is 62.0. The van der Waals surface area contributed by atoms with E-state index in [2.05, 4.69) is 67.9 Å². The monoisotopic (exact) mass is 1280 g/mol. The van der Waals surface area contributed by atoms with Gasteiger partial charge in [0.2, 0.25) is 5.91 Å². The Bertz CT molecular complexity index is 3400. The third-order valence-corrected chi connectivity index (χ3v) is 16.5. The van der Waals surface area contributed by atoms with Crippen LogP contribution in [0.5, 0.6) is 0 Å². The van der Waals surface area contributed by atoms with Gasteiger partial charge < -0.3 is 74.9 Å². The maximum Gasteiger partial charge on any atom is 0.412 e. The first-order valence-electron chi connectivity index (χ1n) is 26.1. The number of imidazole rings is 2. The van der Waals surface area contributed by atoms with Gasteiger partial charge in [-0.25, -0.2) is 53.1 Å². The van der Waals surface area contributed by atoms with Gasteiger partial charge in [-0.05, 0) is 60.1 Å². The number of hydrogen-bond donors (Lipinski definition) is 8. The first-order chi connectivity index (χ1) is 40.9. The average molecular weight is 1290 g/mol. The van der Waals surface area contributed by atoms with Crippen molar-refractivity contribution in [3.63, 3.8) is 0 Å². The van der Waals surface area contributed by atoms with Crippen molar-refractivity contribution in [3.8, 4) is 0 Å². The molecule has 4 aromatic heterocycles. The number of aromatic nitrogens is 8. The molecule has 3 aliphatic heterocycles. The number of likely N-dealkylation sites (N-methyl/N-ethyl adjacent to an activating group) is 1. The molecule has 0 saturated carbocycles. The van der Waals surface area contributed by atoms with Gasteiger partial charge in [-0.2, -0.15) is 0 Å². The molecule has 3 aliphatic rings. The highest BCUT2D eigenvalue weighted by Crippen LogP contribution is 2.55. The number of anilines is 3. The Hall–Kier alpha value is -7.15. The van der Waals surface area contributed by atoms with Gasteiger partial charge in [-0.15, -0.1) is 5.16 Å². The van der Waals surface area contributed by atoms with E-state index >= 15 is 8.78 Å². The smallest absolute Gasteiger partial charge is 0.412 e. The van der Waals surface area contributed by atoms with E-state index in [0.717, 1.165) is 28.4 Å². The van der Waals surface area contributed by atoms with Gasteiger partial charge in [0, 0.05) is 38.3 Å². The largest absolute Gasteiger partial charge is 0.447 e. The molecule has 86 heavy (non-hydrogen) atoms. The van der Waals surface area contributed by atoms with Crippen molar-refractivity contribution in [2.45, 2.75) is 95.0 Å². The van der Waals surface area contributed by atoms with Crippen molar-refractivity contribution in [2.24, 2.45) is 22.7 Å². The van der Waals surface area contributed by atoms with Crippen LogP contribution in [0.3, 0.4) is 0 Å². The minimum Gasteiger partial charge on any atom is -0.447 e. The van der Waals surface area contributed by atoms with Gasteiger partial charge in [-0.1, -0.05) is 26.0 Å². The Morgan fingerprint density at radius 2 is 1.47 bits per heavy atom. The van der Waals surface area contributed by atoms with E-state index in [1.807, 2.05) is 0 Å². The van der Waals surface area contributed by atoms with Gasteiger partial charge in [-0.3, -0.25) is 37.9 Å². The molecular weight excluding hydrogens is 1220 g/mol. The summed E-state index contributed by atoms with van der Waals surface area (Å²) in [5, 5.41) is 13.4. The van der Waals surface area contributed by atoms with E-state index < -0.39 is 130 Å². The number of carbonyl (C=O) groups is 6. The minimum atomic E-state index is -4.42. The predicted octanol–water partition coefficient (Wildman–Crippen LogP) is 2.52. The molecule has 0 spiro atoms. The van der Waals surface area contributed by atoms with Gasteiger partial charge in [0.1, 0.15) is 55.8 Å². The third-order valence-electron chi connectivity index (χ3n) is 13.4. The van der Waals surface area contributed by atoms with Crippen molar-refractivity contribution in [1.82, 2.24) is 54.6 Å². The van der Waals surface area contributed by atoms with E-state index in [4.69, 9.17) is 72.1 Å². The highest BCUT2D eigenvalue weighted by Gasteiger charge is 2.54. The number of ketones is 1. The third kappa shape index (κ3) is 16.3. The normalized spacial score (nSPS) is 25.5. The quantitative estimate of drug-likeness (QED) is 0.0214.